The van der Waals surface area contributed by atoms with E-state index in [-0.39, 0.29) is 29.9 Å². The first-order valence-corrected chi connectivity index (χ1v) is 12.6. The molecule has 4 fully saturated rings. The molecule has 4 saturated carbocycles. The third-order valence-corrected chi connectivity index (χ3v) is 8.12. The monoisotopic (exact) mass is 452 g/mol. The first-order valence-electron chi connectivity index (χ1n) is 12.6. The van der Waals surface area contributed by atoms with E-state index in [0.717, 1.165) is 17.8 Å². The van der Waals surface area contributed by atoms with Crippen molar-refractivity contribution < 1.29 is 14.7 Å². The van der Waals surface area contributed by atoms with Crippen LogP contribution in [0.25, 0.3) is 5.65 Å². The van der Waals surface area contributed by atoms with Gasteiger partial charge in [0.1, 0.15) is 17.2 Å². The fraction of sp³-hybridized carbons (Fsp3) is 0.654. The van der Waals surface area contributed by atoms with Crippen LogP contribution in [0.3, 0.4) is 0 Å². The summed E-state index contributed by atoms with van der Waals surface area (Å²) in [4.78, 5) is 32.5. The number of amides is 2. The van der Waals surface area contributed by atoms with E-state index in [0.29, 0.717) is 36.5 Å². The van der Waals surface area contributed by atoms with Crippen LogP contribution in [0.2, 0.25) is 0 Å². The number of aliphatic hydroxyl groups excluding tert-OH is 1. The average molecular weight is 453 g/mol. The van der Waals surface area contributed by atoms with Gasteiger partial charge in [0.05, 0.1) is 0 Å². The van der Waals surface area contributed by atoms with Gasteiger partial charge in [-0.15, -0.1) is 0 Å². The molecule has 2 N–H and O–H groups in total. The number of imidazole rings is 1. The van der Waals surface area contributed by atoms with Gasteiger partial charge in [-0.3, -0.25) is 14.0 Å². The van der Waals surface area contributed by atoms with Gasteiger partial charge in [-0.05, 0) is 94.1 Å². The molecule has 0 spiro atoms. The van der Waals surface area contributed by atoms with Crippen LogP contribution in [-0.2, 0) is 4.79 Å². The van der Waals surface area contributed by atoms with Crippen molar-refractivity contribution in [1.82, 2.24) is 14.3 Å². The third-order valence-electron chi connectivity index (χ3n) is 8.12. The maximum Gasteiger partial charge on any atom is 0.274 e. The third kappa shape index (κ3) is 4.39. The van der Waals surface area contributed by atoms with Gasteiger partial charge in [-0.1, -0.05) is 6.07 Å². The Balaban J connectivity index is 1.32. The van der Waals surface area contributed by atoms with Crippen molar-refractivity contribution in [3.8, 4) is 0 Å². The van der Waals surface area contributed by atoms with Crippen molar-refractivity contribution in [2.75, 3.05) is 18.5 Å². The summed E-state index contributed by atoms with van der Waals surface area (Å²) >= 11 is 0. The van der Waals surface area contributed by atoms with E-state index >= 15 is 0 Å². The number of aliphatic hydroxyl groups is 1. The Morgan fingerprint density at radius 3 is 2.45 bits per heavy atom. The maximum atomic E-state index is 13.2. The molecule has 2 aromatic heterocycles. The topological polar surface area (TPSA) is 86.9 Å². The minimum absolute atomic E-state index is 0.00770. The summed E-state index contributed by atoms with van der Waals surface area (Å²) < 4.78 is 1.80. The summed E-state index contributed by atoms with van der Waals surface area (Å²) in [6.07, 6.45) is 10.6. The van der Waals surface area contributed by atoms with Crippen LogP contribution >= 0.6 is 0 Å². The lowest BCUT2D eigenvalue weighted by molar-refractivity contribution is -0.124. The van der Waals surface area contributed by atoms with Crippen molar-refractivity contribution in [2.45, 2.75) is 71.3 Å². The lowest BCUT2D eigenvalue weighted by Crippen LogP contribution is -2.47. The standard InChI is InChI=1S/C26H36N4O3/c1-17(2)29(7-4-8-31)25(33)21-16-30-22(27-21)5-3-6-23(30)28-24(32)15-26-12-18-9-19(13-26)11-20(10-18)14-26/h3,5-6,16-20,31H,4,7-15H2,1-2H3,(H,28,32). The average Bonchev–Trinajstić information content (AvgIpc) is 3.17. The Morgan fingerprint density at radius 1 is 1.18 bits per heavy atom. The van der Waals surface area contributed by atoms with Gasteiger partial charge in [0, 0.05) is 31.8 Å². The van der Waals surface area contributed by atoms with Gasteiger partial charge in [-0.25, -0.2) is 4.98 Å². The van der Waals surface area contributed by atoms with Crippen LogP contribution in [0.1, 0.15) is 75.7 Å². The lowest BCUT2D eigenvalue weighted by Gasteiger charge is -2.56. The van der Waals surface area contributed by atoms with Gasteiger partial charge in [0.15, 0.2) is 0 Å². The van der Waals surface area contributed by atoms with E-state index in [9.17, 15) is 14.7 Å². The lowest BCUT2D eigenvalue weighted by atomic mass is 9.49. The fourth-order valence-corrected chi connectivity index (χ4v) is 7.23. The van der Waals surface area contributed by atoms with Crippen LogP contribution in [0.5, 0.6) is 0 Å². The Hall–Kier alpha value is -2.41. The number of nitrogens with zero attached hydrogens (tertiary/aromatic N) is 3. The molecule has 4 bridgehead atoms. The number of fused-ring (bicyclic) bond motifs is 1. The van der Waals surface area contributed by atoms with Gasteiger partial charge in [0.25, 0.3) is 5.91 Å². The number of hydrogen-bond acceptors (Lipinski definition) is 4. The predicted octanol–water partition coefficient (Wildman–Crippen LogP) is 4.11. The molecule has 33 heavy (non-hydrogen) atoms. The number of hydrogen-bond donors (Lipinski definition) is 2. The van der Waals surface area contributed by atoms with Crippen LogP contribution in [0.15, 0.2) is 24.4 Å². The number of anilines is 1. The van der Waals surface area contributed by atoms with Crippen molar-refractivity contribution in [3.63, 3.8) is 0 Å². The van der Waals surface area contributed by atoms with Crippen molar-refractivity contribution in [2.24, 2.45) is 23.2 Å². The molecule has 0 aliphatic heterocycles. The molecule has 0 radical (unpaired) electrons. The highest BCUT2D eigenvalue weighted by Gasteiger charge is 2.51. The molecular formula is C26H36N4O3. The molecule has 4 aliphatic carbocycles. The van der Waals surface area contributed by atoms with Crippen LogP contribution in [-0.4, -0.2) is 50.4 Å². The van der Waals surface area contributed by atoms with Gasteiger partial charge < -0.3 is 15.3 Å². The Bertz CT molecular complexity index is 1010. The second-order valence-corrected chi connectivity index (χ2v) is 11.1. The molecule has 2 amide bonds. The molecule has 2 heterocycles. The first kappa shape index (κ1) is 22.4. The fourth-order valence-electron chi connectivity index (χ4n) is 7.23. The number of rotatable bonds is 8. The van der Waals surface area contributed by atoms with E-state index in [4.69, 9.17) is 0 Å². The smallest absolute Gasteiger partial charge is 0.274 e. The summed E-state index contributed by atoms with van der Waals surface area (Å²) in [6.45, 7) is 4.44. The zero-order chi connectivity index (χ0) is 23.2. The number of carbonyl (C=O) groups is 2. The van der Waals surface area contributed by atoms with Crippen molar-refractivity contribution in [1.29, 1.82) is 0 Å². The largest absolute Gasteiger partial charge is 0.396 e. The summed E-state index contributed by atoms with van der Waals surface area (Å²) in [5.41, 5.74) is 1.18. The zero-order valence-electron chi connectivity index (χ0n) is 19.8. The van der Waals surface area contributed by atoms with Crippen LogP contribution < -0.4 is 5.32 Å². The van der Waals surface area contributed by atoms with E-state index in [1.807, 2.05) is 32.0 Å². The summed E-state index contributed by atoms with van der Waals surface area (Å²) in [5.74, 6) is 3.03. The molecular weight excluding hydrogens is 416 g/mol. The van der Waals surface area contributed by atoms with Crippen molar-refractivity contribution >= 4 is 23.3 Å². The van der Waals surface area contributed by atoms with E-state index in [1.54, 1.807) is 15.5 Å². The van der Waals surface area contributed by atoms with E-state index < -0.39 is 0 Å². The summed E-state index contributed by atoms with van der Waals surface area (Å²) in [5, 5.41) is 12.3. The minimum atomic E-state index is -0.159. The SMILES string of the molecule is CC(C)N(CCCO)C(=O)c1cn2c(NC(=O)CC34CC5CC(CC(C5)C3)C4)cccc2n1. The molecule has 0 unspecified atom stereocenters. The predicted molar refractivity (Wildman–Crippen MR) is 127 cm³/mol. The van der Waals surface area contributed by atoms with Gasteiger partial charge >= 0.3 is 0 Å². The molecule has 7 heteroatoms. The molecule has 4 aliphatic rings. The van der Waals surface area contributed by atoms with Crippen molar-refractivity contribution in [3.05, 3.63) is 30.1 Å². The van der Waals surface area contributed by atoms with Crippen LogP contribution in [0, 0.1) is 23.2 Å². The molecule has 2 aromatic rings. The summed E-state index contributed by atoms with van der Waals surface area (Å²) in [6, 6.07) is 5.59. The number of aromatic nitrogens is 2. The minimum Gasteiger partial charge on any atom is -0.396 e. The number of carbonyl (C=O) groups excluding carboxylic acids is 2. The first-order chi connectivity index (χ1) is 15.9. The molecule has 178 valence electrons. The quantitative estimate of drug-likeness (QED) is 0.631. The second-order valence-electron chi connectivity index (χ2n) is 11.1. The molecule has 0 atom stereocenters. The van der Waals surface area contributed by atoms with E-state index in [2.05, 4.69) is 10.3 Å². The molecule has 0 aromatic carbocycles. The Labute approximate surface area is 195 Å². The maximum absolute atomic E-state index is 13.2. The summed E-state index contributed by atoms with van der Waals surface area (Å²) in [7, 11) is 0. The second kappa shape index (κ2) is 8.75. The molecule has 6 rings (SSSR count). The van der Waals surface area contributed by atoms with Gasteiger partial charge in [0.2, 0.25) is 5.91 Å². The highest BCUT2D eigenvalue weighted by atomic mass is 16.3. The highest BCUT2D eigenvalue weighted by molar-refractivity contribution is 5.94. The number of nitrogens with one attached hydrogen (secondary N) is 1. The number of pyridine rings is 1. The Morgan fingerprint density at radius 2 is 1.85 bits per heavy atom. The van der Waals surface area contributed by atoms with Crippen LogP contribution in [0.4, 0.5) is 5.82 Å². The molecule has 7 nitrogen and oxygen atoms in total. The zero-order valence-corrected chi connectivity index (χ0v) is 19.8. The Kier molecular flexibility index (Phi) is 5.93. The normalized spacial score (nSPS) is 27.9. The molecule has 0 saturated heterocycles. The van der Waals surface area contributed by atoms with E-state index in [1.165, 1.54) is 38.5 Å². The van der Waals surface area contributed by atoms with Gasteiger partial charge in [-0.2, -0.15) is 0 Å². The highest BCUT2D eigenvalue weighted by Crippen LogP contribution is 2.61.